The van der Waals surface area contributed by atoms with Crippen LogP contribution in [-0.2, 0) is 11.0 Å². The SMILES string of the molecule is COc1cc(/C=C(\C)C(=O)O)cc2cc(-c3cccc(C(F)(F)F)c3)oc12. The van der Waals surface area contributed by atoms with Crippen LogP contribution in [0.5, 0.6) is 5.75 Å². The Bertz CT molecular complexity index is 1050. The van der Waals surface area contributed by atoms with Crippen LogP contribution in [0.2, 0.25) is 0 Å². The summed E-state index contributed by atoms with van der Waals surface area (Å²) < 4.78 is 49.8. The molecule has 0 unspecified atom stereocenters. The van der Waals surface area contributed by atoms with Crippen molar-refractivity contribution >= 4 is 23.0 Å². The lowest BCUT2D eigenvalue weighted by Gasteiger charge is -2.07. The van der Waals surface area contributed by atoms with Gasteiger partial charge in [-0.3, -0.25) is 0 Å². The summed E-state index contributed by atoms with van der Waals surface area (Å²) in [5.74, 6) is -0.438. The third-order valence-electron chi connectivity index (χ3n) is 4.02. The molecule has 0 saturated heterocycles. The van der Waals surface area contributed by atoms with Crippen molar-refractivity contribution in [3.63, 3.8) is 0 Å². The molecule has 0 saturated carbocycles. The Morgan fingerprint density at radius 1 is 1.19 bits per heavy atom. The maximum absolute atomic E-state index is 12.9. The Morgan fingerprint density at radius 2 is 1.93 bits per heavy atom. The smallest absolute Gasteiger partial charge is 0.416 e. The molecule has 4 nitrogen and oxygen atoms in total. The van der Waals surface area contributed by atoms with Crippen molar-refractivity contribution in [1.82, 2.24) is 0 Å². The van der Waals surface area contributed by atoms with E-state index < -0.39 is 17.7 Å². The number of benzene rings is 2. The molecule has 0 aliphatic heterocycles. The lowest BCUT2D eigenvalue weighted by atomic mass is 10.1. The van der Waals surface area contributed by atoms with E-state index in [2.05, 4.69) is 0 Å². The van der Waals surface area contributed by atoms with Gasteiger partial charge in [-0.1, -0.05) is 12.1 Å². The van der Waals surface area contributed by atoms with E-state index in [4.69, 9.17) is 14.3 Å². The zero-order chi connectivity index (χ0) is 19.8. The Labute approximate surface area is 152 Å². The van der Waals surface area contributed by atoms with Crippen LogP contribution < -0.4 is 4.74 Å². The molecular formula is C20H15F3O4. The molecule has 0 radical (unpaired) electrons. The van der Waals surface area contributed by atoms with Crippen molar-refractivity contribution in [3.8, 4) is 17.1 Å². The first-order valence-electron chi connectivity index (χ1n) is 7.90. The average Bonchev–Trinajstić information content (AvgIpc) is 3.04. The highest BCUT2D eigenvalue weighted by molar-refractivity contribution is 5.94. The van der Waals surface area contributed by atoms with E-state index in [1.54, 1.807) is 18.2 Å². The fourth-order valence-corrected chi connectivity index (χ4v) is 2.68. The van der Waals surface area contributed by atoms with Gasteiger partial charge in [0.25, 0.3) is 0 Å². The molecule has 0 fully saturated rings. The van der Waals surface area contributed by atoms with Gasteiger partial charge >= 0.3 is 12.1 Å². The van der Waals surface area contributed by atoms with Gasteiger partial charge in [-0.25, -0.2) is 4.79 Å². The molecule has 0 aliphatic carbocycles. The van der Waals surface area contributed by atoms with Crippen molar-refractivity contribution in [1.29, 1.82) is 0 Å². The number of hydrogen-bond acceptors (Lipinski definition) is 3. The van der Waals surface area contributed by atoms with Gasteiger partial charge in [0.05, 0.1) is 12.7 Å². The predicted octanol–water partition coefficient (Wildman–Crippen LogP) is 5.62. The fraction of sp³-hybridized carbons (Fsp3) is 0.150. The summed E-state index contributed by atoms with van der Waals surface area (Å²) in [4.78, 5) is 11.0. The second-order valence-corrected chi connectivity index (χ2v) is 5.96. The minimum Gasteiger partial charge on any atom is -0.493 e. The largest absolute Gasteiger partial charge is 0.493 e. The normalized spacial score (nSPS) is 12.4. The number of aliphatic carboxylic acids is 1. The monoisotopic (exact) mass is 376 g/mol. The minimum absolute atomic E-state index is 0.137. The Morgan fingerprint density at radius 3 is 2.56 bits per heavy atom. The van der Waals surface area contributed by atoms with Crippen LogP contribution in [0.25, 0.3) is 28.4 Å². The van der Waals surface area contributed by atoms with Crippen LogP contribution in [0.1, 0.15) is 18.1 Å². The van der Waals surface area contributed by atoms with Gasteiger partial charge in [-0.05, 0) is 48.9 Å². The topological polar surface area (TPSA) is 59.7 Å². The van der Waals surface area contributed by atoms with Crippen molar-refractivity contribution in [2.45, 2.75) is 13.1 Å². The molecule has 0 spiro atoms. The summed E-state index contributed by atoms with van der Waals surface area (Å²) in [6.45, 7) is 1.46. The van der Waals surface area contributed by atoms with Crippen molar-refractivity contribution in [2.75, 3.05) is 7.11 Å². The van der Waals surface area contributed by atoms with E-state index in [0.717, 1.165) is 12.1 Å². The highest BCUT2D eigenvalue weighted by atomic mass is 19.4. The molecule has 3 aromatic rings. The quantitative estimate of drug-likeness (QED) is 0.601. The summed E-state index contributed by atoms with van der Waals surface area (Å²) in [7, 11) is 1.43. The summed E-state index contributed by atoms with van der Waals surface area (Å²) >= 11 is 0. The number of carboxylic acid groups (broad SMARTS) is 1. The molecule has 140 valence electrons. The fourth-order valence-electron chi connectivity index (χ4n) is 2.68. The first-order chi connectivity index (χ1) is 12.7. The molecular weight excluding hydrogens is 361 g/mol. The number of methoxy groups -OCH3 is 1. The van der Waals surface area contributed by atoms with Gasteiger partial charge in [0.15, 0.2) is 11.3 Å². The molecule has 0 atom stereocenters. The molecule has 3 rings (SSSR count). The number of alkyl halides is 3. The maximum atomic E-state index is 12.9. The third-order valence-corrected chi connectivity index (χ3v) is 4.02. The second kappa shape index (κ2) is 6.83. The predicted molar refractivity (Wildman–Crippen MR) is 94.5 cm³/mol. The zero-order valence-corrected chi connectivity index (χ0v) is 14.4. The number of fused-ring (bicyclic) bond motifs is 1. The van der Waals surface area contributed by atoms with Crippen LogP contribution in [0.15, 0.2) is 52.5 Å². The van der Waals surface area contributed by atoms with Crippen LogP contribution in [0, 0.1) is 0 Å². The number of ether oxygens (including phenoxy) is 1. The number of furan rings is 1. The minimum atomic E-state index is -4.45. The average molecular weight is 376 g/mol. The first kappa shape index (κ1) is 18.6. The zero-order valence-electron chi connectivity index (χ0n) is 14.4. The van der Waals surface area contributed by atoms with E-state index in [-0.39, 0.29) is 16.9 Å². The molecule has 0 aliphatic rings. The van der Waals surface area contributed by atoms with Crippen LogP contribution in [0.3, 0.4) is 0 Å². The van der Waals surface area contributed by atoms with Crippen molar-refractivity contribution < 1.29 is 32.2 Å². The van der Waals surface area contributed by atoms with Gasteiger partial charge in [0.1, 0.15) is 5.76 Å². The maximum Gasteiger partial charge on any atom is 0.416 e. The lowest BCUT2D eigenvalue weighted by Crippen LogP contribution is -2.04. The van der Waals surface area contributed by atoms with Crippen LogP contribution in [-0.4, -0.2) is 18.2 Å². The van der Waals surface area contributed by atoms with E-state index in [9.17, 15) is 18.0 Å². The Hall–Kier alpha value is -3.22. The summed E-state index contributed by atoms with van der Waals surface area (Å²) in [5, 5.41) is 9.61. The molecule has 27 heavy (non-hydrogen) atoms. The molecule has 2 aromatic carbocycles. The molecule has 0 amide bonds. The third kappa shape index (κ3) is 3.81. The second-order valence-electron chi connectivity index (χ2n) is 5.96. The van der Waals surface area contributed by atoms with E-state index >= 15 is 0 Å². The Balaban J connectivity index is 2.13. The number of rotatable bonds is 4. The highest BCUT2D eigenvalue weighted by Crippen LogP contribution is 2.37. The molecule has 0 bridgehead atoms. The van der Waals surface area contributed by atoms with Crippen LogP contribution in [0.4, 0.5) is 13.2 Å². The van der Waals surface area contributed by atoms with E-state index in [1.165, 1.54) is 32.2 Å². The summed E-state index contributed by atoms with van der Waals surface area (Å²) in [6.07, 6.45) is -2.98. The van der Waals surface area contributed by atoms with Crippen LogP contribution >= 0.6 is 0 Å². The van der Waals surface area contributed by atoms with E-state index in [1.807, 2.05) is 0 Å². The number of halogens is 3. The van der Waals surface area contributed by atoms with Gasteiger partial charge in [-0.2, -0.15) is 13.2 Å². The van der Waals surface area contributed by atoms with Crippen molar-refractivity contribution in [2.24, 2.45) is 0 Å². The number of carbonyl (C=O) groups is 1. The Kier molecular flexibility index (Phi) is 4.70. The summed E-state index contributed by atoms with van der Waals surface area (Å²) in [5.41, 5.74) is 0.596. The molecule has 1 heterocycles. The number of hydrogen-bond donors (Lipinski definition) is 1. The first-order valence-corrected chi connectivity index (χ1v) is 7.90. The number of carboxylic acids is 1. The molecule has 1 N–H and O–H groups in total. The van der Waals surface area contributed by atoms with Gasteiger partial charge in [0, 0.05) is 16.5 Å². The highest BCUT2D eigenvalue weighted by Gasteiger charge is 2.30. The molecule has 7 heteroatoms. The van der Waals surface area contributed by atoms with E-state index in [0.29, 0.717) is 22.3 Å². The van der Waals surface area contributed by atoms with Crippen molar-refractivity contribution in [3.05, 3.63) is 59.2 Å². The van der Waals surface area contributed by atoms with Gasteiger partial charge < -0.3 is 14.3 Å². The lowest BCUT2D eigenvalue weighted by molar-refractivity contribution is -0.137. The van der Waals surface area contributed by atoms with Gasteiger partial charge in [-0.15, -0.1) is 0 Å². The van der Waals surface area contributed by atoms with Gasteiger partial charge in [0.2, 0.25) is 0 Å². The molecule has 1 aromatic heterocycles. The standard InChI is InChI=1S/C20H15F3O4/c1-11(19(24)25)6-12-7-14-10-16(27-18(14)17(8-12)26-2)13-4-3-5-15(9-13)20(21,22)23/h3-10H,1-2H3,(H,24,25)/b11-6+. The summed E-state index contributed by atoms with van der Waals surface area (Å²) in [6, 6.07) is 9.73.